The van der Waals surface area contributed by atoms with Gasteiger partial charge >= 0.3 is 6.09 Å². The zero-order chi connectivity index (χ0) is 7.40. The van der Waals surface area contributed by atoms with Crippen LogP contribution in [0.4, 0.5) is 9.80 Å². The summed E-state index contributed by atoms with van der Waals surface area (Å²) in [6.07, 6.45) is -0.428. The maximum atomic E-state index is 10.6. The van der Waals surface area contributed by atoms with Gasteiger partial charge in [0.05, 0.1) is 12.1 Å². The normalized spacial score (nSPS) is 8.90. The summed E-state index contributed by atoms with van der Waals surface area (Å²) in [6, 6.07) is 3.66. The molecule has 0 aliphatic heterocycles. The Balaban J connectivity index is 2.48. The number of thiophene rings is 1. The topological polar surface area (TPSA) is 38.3 Å². The summed E-state index contributed by atoms with van der Waals surface area (Å²) in [5.74, 6) is 0. The van der Waals surface area contributed by atoms with Crippen molar-refractivity contribution < 1.29 is 9.53 Å². The number of methoxy groups -OCH3 is 1. The lowest BCUT2D eigenvalue weighted by Gasteiger charge is -1.97. The minimum Gasteiger partial charge on any atom is -0.453 e. The van der Waals surface area contributed by atoms with Crippen LogP contribution < -0.4 is 5.32 Å². The average molecular weight is 157 g/mol. The fourth-order valence-electron chi connectivity index (χ4n) is 0.501. The summed E-state index contributed by atoms with van der Waals surface area (Å²) in [5.41, 5.74) is 0. The highest BCUT2D eigenvalue weighted by molar-refractivity contribution is 7.14. The van der Waals surface area contributed by atoms with Crippen LogP contribution in [0.3, 0.4) is 0 Å². The lowest BCUT2D eigenvalue weighted by molar-refractivity contribution is 0.187. The zero-order valence-corrected chi connectivity index (χ0v) is 6.27. The Hall–Kier alpha value is -1.03. The van der Waals surface area contributed by atoms with E-state index in [1.54, 1.807) is 0 Å². The third kappa shape index (κ3) is 1.73. The first-order valence-electron chi connectivity index (χ1n) is 2.71. The minimum atomic E-state index is -0.428. The molecule has 0 aliphatic carbocycles. The lowest BCUT2D eigenvalue weighted by Crippen LogP contribution is -2.09. The number of ether oxygens (including phenoxy) is 1. The van der Waals surface area contributed by atoms with E-state index in [0.29, 0.717) is 0 Å². The molecule has 54 valence electrons. The van der Waals surface area contributed by atoms with Crippen molar-refractivity contribution in [1.29, 1.82) is 0 Å². The van der Waals surface area contributed by atoms with Gasteiger partial charge in [0.15, 0.2) is 0 Å². The van der Waals surface area contributed by atoms with Gasteiger partial charge in [-0.2, -0.15) is 0 Å². The number of carbonyl (C=O) groups is 1. The van der Waals surface area contributed by atoms with Crippen LogP contribution in [0.25, 0.3) is 0 Å². The van der Waals surface area contributed by atoms with Crippen molar-refractivity contribution in [2.75, 3.05) is 12.4 Å². The molecule has 0 atom stereocenters. The fourth-order valence-corrected chi connectivity index (χ4v) is 1.10. The molecule has 0 unspecified atom stereocenters. The number of amides is 1. The Morgan fingerprint density at radius 3 is 3.10 bits per heavy atom. The predicted octanol–water partition coefficient (Wildman–Crippen LogP) is 1.93. The van der Waals surface area contributed by atoms with Crippen LogP contribution in [0, 0.1) is 0 Å². The molecule has 1 aromatic heterocycles. The Kier molecular flexibility index (Phi) is 2.28. The molecule has 0 fully saturated rings. The molecule has 0 saturated heterocycles. The standard InChI is InChI=1S/C6H7NO2S/c1-9-6(8)7-5-3-2-4-10-5/h2-4H,1H3,(H,7,8). The van der Waals surface area contributed by atoms with Crippen LogP contribution in [-0.2, 0) is 4.74 Å². The van der Waals surface area contributed by atoms with Gasteiger partial charge in [-0.25, -0.2) is 4.79 Å². The highest BCUT2D eigenvalue weighted by Gasteiger charge is 1.98. The van der Waals surface area contributed by atoms with Gasteiger partial charge in [-0.3, -0.25) is 5.32 Å². The van der Waals surface area contributed by atoms with Gasteiger partial charge < -0.3 is 4.74 Å². The molecule has 1 rings (SSSR count). The van der Waals surface area contributed by atoms with Crippen LogP contribution in [-0.4, -0.2) is 13.2 Å². The Bertz CT molecular complexity index is 208. The molecule has 0 saturated carbocycles. The maximum absolute atomic E-state index is 10.6. The van der Waals surface area contributed by atoms with E-state index in [-0.39, 0.29) is 0 Å². The summed E-state index contributed by atoms with van der Waals surface area (Å²) < 4.78 is 4.38. The van der Waals surface area contributed by atoms with Crippen LogP contribution in [0.1, 0.15) is 0 Å². The van der Waals surface area contributed by atoms with Crippen molar-refractivity contribution >= 4 is 22.4 Å². The number of nitrogens with one attached hydrogen (secondary N) is 1. The molecule has 1 N–H and O–H groups in total. The first-order valence-corrected chi connectivity index (χ1v) is 3.59. The third-order valence-electron chi connectivity index (χ3n) is 0.932. The number of rotatable bonds is 1. The molecule has 0 radical (unpaired) electrons. The van der Waals surface area contributed by atoms with E-state index in [4.69, 9.17) is 0 Å². The number of carbonyl (C=O) groups excluding carboxylic acids is 1. The Morgan fingerprint density at radius 2 is 2.60 bits per heavy atom. The van der Waals surface area contributed by atoms with E-state index < -0.39 is 6.09 Å². The lowest BCUT2D eigenvalue weighted by atomic mass is 10.6. The molecule has 4 heteroatoms. The predicted molar refractivity (Wildman–Crippen MR) is 40.3 cm³/mol. The molecular weight excluding hydrogens is 150 g/mol. The number of anilines is 1. The van der Waals surface area contributed by atoms with Crippen molar-refractivity contribution in [3.63, 3.8) is 0 Å². The highest BCUT2D eigenvalue weighted by Crippen LogP contribution is 2.14. The second kappa shape index (κ2) is 3.22. The molecular formula is C6H7NO2S. The van der Waals surface area contributed by atoms with E-state index >= 15 is 0 Å². The molecule has 0 aromatic carbocycles. The largest absolute Gasteiger partial charge is 0.453 e. The summed E-state index contributed by atoms with van der Waals surface area (Å²) in [4.78, 5) is 10.6. The molecule has 0 bridgehead atoms. The molecule has 10 heavy (non-hydrogen) atoms. The van der Waals surface area contributed by atoms with Gasteiger partial charge in [0.2, 0.25) is 0 Å². The fraction of sp³-hybridized carbons (Fsp3) is 0.167. The quantitative estimate of drug-likeness (QED) is 0.676. The Labute approximate surface area is 62.6 Å². The van der Waals surface area contributed by atoms with Gasteiger partial charge in [-0.15, -0.1) is 11.3 Å². The third-order valence-corrected chi connectivity index (χ3v) is 1.72. The summed E-state index contributed by atoms with van der Waals surface area (Å²) in [5, 5.41) is 5.21. The summed E-state index contributed by atoms with van der Waals surface area (Å²) in [7, 11) is 1.34. The van der Waals surface area contributed by atoms with Crippen molar-refractivity contribution in [2.45, 2.75) is 0 Å². The minimum absolute atomic E-state index is 0.428. The van der Waals surface area contributed by atoms with E-state index in [0.717, 1.165) is 5.00 Å². The van der Waals surface area contributed by atoms with Crippen LogP contribution in [0.15, 0.2) is 17.5 Å². The van der Waals surface area contributed by atoms with Gasteiger partial charge in [0.25, 0.3) is 0 Å². The first-order chi connectivity index (χ1) is 4.83. The smallest absolute Gasteiger partial charge is 0.411 e. The van der Waals surface area contributed by atoms with E-state index in [1.807, 2.05) is 17.5 Å². The van der Waals surface area contributed by atoms with Crippen molar-refractivity contribution in [3.05, 3.63) is 17.5 Å². The van der Waals surface area contributed by atoms with Gasteiger partial charge in [-0.05, 0) is 17.5 Å². The first kappa shape index (κ1) is 7.08. The van der Waals surface area contributed by atoms with Gasteiger partial charge in [0, 0.05) is 0 Å². The van der Waals surface area contributed by atoms with Gasteiger partial charge in [-0.1, -0.05) is 0 Å². The van der Waals surface area contributed by atoms with Crippen molar-refractivity contribution in [1.82, 2.24) is 0 Å². The van der Waals surface area contributed by atoms with Crippen LogP contribution in [0.5, 0.6) is 0 Å². The molecule has 0 spiro atoms. The van der Waals surface area contributed by atoms with Crippen LogP contribution >= 0.6 is 11.3 Å². The van der Waals surface area contributed by atoms with E-state index in [2.05, 4.69) is 10.1 Å². The maximum Gasteiger partial charge on any atom is 0.411 e. The Morgan fingerprint density at radius 1 is 1.80 bits per heavy atom. The van der Waals surface area contributed by atoms with Crippen molar-refractivity contribution in [2.24, 2.45) is 0 Å². The molecule has 0 aliphatic rings. The van der Waals surface area contributed by atoms with Gasteiger partial charge in [0.1, 0.15) is 0 Å². The van der Waals surface area contributed by atoms with E-state index in [1.165, 1.54) is 18.4 Å². The molecule has 3 nitrogen and oxygen atoms in total. The average Bonchev–Trinajstić information content (AvgIpc) is 2.40. The highest BCUT2D eigenvalue weighted by atomic mass is 32.1. The molecule has 1 amide bonds. The van der Waals surface area contributed by atoms with Crippen molar-refractivity contribution in [3.8, 4) is 0 Å². The number of hydrogen-bond donors (Lipinski definition) is 1. The number of hydrogen-bond acceptors (Lipinski definition) is 3. The monoisotopic (exact) mass is 157 g/mol. The van der Waals surface area contributed by atoms with E-state index in [9.17, 15) is 4.79 Å². The molecule has 1 aromatic rings. The zero-order valence-electron chi connectivity index (χ0n) is 5.46. The molecule has 1 heterocycles. The SMILES string of the molecule is COC(=O)Nc1cccs1. The summed E-state index contributed by atoms with van der Waals surface area (Å²) >= 11 is 1.45. The second-order valence-corrected chi connectivity index (χ2v) is 2.54. The second-order valence-electron chi connectivity index (χ2n) is 1.59. The van der Waals surface area contributed by atoms with Crippen LogP contribution in [0.2, 0.25) is 0 Å². The summed E-state index contributed by atoms with van der Waals surface area (Å²) in [6.45, 7) is 0.